The number of nitrogens with one attached hydrogen (secondary N) is 1. The molecule has 0 atom stereocenters. The van der Waals surface area contributed by atoms with Crippen LogP contribution in [0.2, 0.25) is 0 Å². The first-order chi connectivity index (χ1) is 13.2. The van der Waals surface area contributed by atoms with Gasteiger partial charge in [0.15, 0.2) is 0 Å². The fraction of sp³-hybridized carbons (Fsp3) is 0.350. The Morgan fingerprint density at radius 2 is 1.93 bits per heavy atom. The van der Waals surface area contributed by atoms with Crippen LogP contribution in [-0.4, -0.2) is 45.8 Å². The molecule has 1 aromatic carbocycles. The predicted octanol–water partition coefficient (Wildman–Crippen LogP) is 3.02. The van der Waals surface area contributed by atoms with Crippen molar-refractivity contribution in [3.8, 4) is 11.4 Å². The minimum absolute atomic E-state index is 0.400. The van der Waals surface area contributed by atoms with Crippen molar-refractivity contribution in [1.29, 1.82) is 0 Å². The van der Waals surface area contributed by atoms with E-state index in [0.29, 0.717) is 23.2 Å². The highest BCUT2D eigenvalue weighted by Gasteiger charge is 2.21. The average Bonchev–Trinajstić information content (AvgIpc) is 3.06. The Bertz CT molecular complexity index is 975. The van der Waals surface area contributed by atoms with Gasteiger partial charge in [-0.25, -0.2) is 9.97 Å². The van der Waals surface area contributed by atoms with E-state index >= 15 is 0 Å². The van der Waals surface area contributed by atoms with Crippen LogP contribution in [0.25, 0.3) is 5.69 Å². The number of ether oxygens (including phenoxy) is 1. The first-order valence-corrected chi connectivity index (χ1v) is 8.92. The van der Waals surface area contributed by atoms with E-state index in [4.69, 9.17) is 4.74 Å². The summed E-state index contributed by atoms with van der Waals surface area (Å²) in [5.74, 6) is 1.79. The molecule has 28 heavy (non-hydrogen) atoms. The minimum atomic E-state index is -1.08. The van der Waals surface area contributed by atoms with E-state index in [1.807, 2.05) is 54.9 Å². The van der Waals surface area contributed by atoms with Crippen molar-refractivity contribution in [3.63, 3.8) is 0 Å². The SMILES string of the molecule is COc1cc(Nc2nc(N(C)C)cc(C(C)(C)O)n2)ccc1-n1cnc(C)c1. The molecule has 0 fully saturated rings. The highest BCUT2D eigenvalue weighted by atomic mass is 16.5. The van der Waals surface area contributed by atoms with Gasteiger partial charge in [-0.3, -0.25) is 0 Å². The standard InChI is InChI=1S/C20H26N6O2/c1-13-11-26(12-21-13)15-8-7-14(9-16(15)28-6)22-19-23-17(20(2,3)27)10-18(24-19)25(4)5/h7-12,27H,1-6H3,(H,22,23,24). The van der Waals surface area contributed by atoms with Gasteiger partial charge in [-0.2, -0.15) is 4.98 Å². The molecule has 0 saturated carbocycles. The lowest BCUT2D eigenvalue weighted by Crippen LogP contribution is -2.21. The van der Waals surface area contributed by atoms with Gasteiger partial charge >= 0.3 is 0 Å². The summed E-state index contributed by atoms with van der Waals surface area (Å²) in [7, 11) is 5.42. The van der Waals surface area contributed by atoms with E-state index in [1.165, 1.54) is 0 Å². The Hall–Kier alpha value is -3.13. The molecule has 2 heterocycles. The van der Waals surface area contributed by atoms with Crippen molar-refractivity contribution in [2.24, 2.45) is 0 Å². The quantitative estimate of drug-likeness (QED) is 0.677. The third-order valence-corrected chi connectivity index (χ3v) is 4.22. The second kappa shape index (κ2) is 7.47. The molecular formula is C20H26N6O2. The van der Waals surface area contributed by atoms with Crippen LogP contribution in [0.1, 0.15) is 25.2 Å². The van der Waals surface area contributed by atoms with Gasteiger partial charge < -0.3 is 24.6 Å². The van der Waals surface area contributed by atoms with Crippen LogP contribution in [0, 0.1) is 6.92 Å². The zero-order valence-electron chi connectivity index (χ0n) is 17.1. The highest BCUT2D eigenvalue weighted by molar-refractivity contribution is 5.63. The fourth-order valence-electron chi connectivity index (χ4n) is 2.68. The normalized spacial score (nSPS) is 11.4. The second-order valence-electron chi connectivity index (χ2n) is 7.32. The van der Waals surface area contributed by atoms with E-state index in [9.17, 15) is 5.11 Å². The molecule has 0 bridgehead atoms. The molecule has 0 spiro atoms. The smallest absolute Gasteiger partial charge is 0.229 e. The fourth-order valence-corrected chi connectivity index (χ4v) is 2.68. The zero-order valence-corrected chi connectivity index (χ0v) is 17.1. The Morgan fingerprint density at radius 1 is 1.18 bits per heavy atom. The lowest BCUT2D eigenvalue weighted by Gasteiger charge is -2.21. The molecule has 0 amide bonds. The van der Waals surface area contributed by atoms with Crippen molar-refractivity contribution >= 4 is 17.5 Å². The largest absolute Gasteiger partial charge is 0.494 e. The molecule has 3 aromatic rings. The summed E-state index contributed by atoms with van der Waals surface area (Å²) in [5, 5.41) is 13.6. The van der Waals surface area contributed by atoms with Gasteiger partial charge in [0.25, 0.3) is 0 Å². The van der Waals surface area contributed by atoms with Gasteiger partial charge in [-0.05, 0) is 32.9 Å². The van der Waals surface area contributed by atoms with E-state index in [0.717, 1.165) is 17.1 Å². The maximum Gasteiger partial charge on any atom is 0.229 e. The summed E-state index contributed by atoms with van der Waals surface area (Å²) in [6.07, 6.45) is 3.68. The third kappa shape index (κ3) is 4.23. The number of aliphatic hydroxyl groups is 1. The Kier molecular flexibility index (Phi) is 5.24. The van der Waals surface area contributed by atoms with Crippen LogP contribution in [0.4, 0.5) is 17.5 Å². The van der Waals surface area contributed by atoms with E-state index in [-0.39, 0.29) is 0 Å². The molecule has 0 radical (unpaired) electrons. The van der Waals surface area contributed by atoms with Crippen molar-refractivity contribution in [1.82, 2.24) is 19.5 Å². The summed E-state index contributed by atoms with van der Waals surface area (Å²) in [6.45, 7) is 5.33. The van der Waals surface area contributed by atoms with E-state index < -0.39 is 5.60 Å². The molecule has 8 nitrogen and oxygen atoms in total. The summed E-state index contributed by atoms with van der Waals surface area (Å²) in [6, 6.07) is 7.51. The van der Waals surface area contributed by atoms with Crippen LogP contribution >= 0.6 is 0 Å². The van der Waals surface area contributed by atoms with Crippen LogP contribution in [0.15, 0.2) is 36.8 Å². The first-order valence-electron chi connectivity index (χ1n) is 8.92. The molecular weight excluding hydrogens is 356 g/mol. The molecule has 0 aliphatic rings. The maximum atomic E-state index is 10.4. The summed E-state index contributed by atoms with van der Waals surface area (Å²) >= 11 is 0. The van der Waals surface area contributed by atoms with Gasteiger partial charge in [0, 0.05) is 38.1 Å². The molecule has 0 aliphatic heterocycles. The van der Waals surface area contributed by atoms with Crippen LogP contribution < -0.4 is 15.0 Å². The Labute approximate surface area is 164 Å². The van der Waals surface area contributed by atoms with Crippen molar-refractivity contribution in [2.45, 2.75) is 26.4 Å². The number of benzene rings is 1. The Morgan fingerprint density at radius 3 is 2.50 bits per heavy atom. The average molecular weight is 382 g/mol. The number of aromatic nitrogens is 4. The third-order valence-electron chi connectivity index (χ3n) is 4.22. The topological polar surface area (TPSA) is 88.3 Å². The Balaban J connectivity index is 1.96. The molecule has 0 aliphatic carbocycles. The van der Waals surface area contributed by atoms with Gasteiger partial charge in [0.1, 0.15) is 17.2 Å². The summed E-state index contributed by atoms with van der Waals surface area (Å²) < 4.78 is 7.46. The molecule has 148 valence electrons. The van der Waals surface area contributed by atoms with Crippen molar-refractivity contribution < 1.29 is 9.84 Å². The van der Waals surface area contributed by atoms with Gasteiger partial charge in [0.2, 0.25) is 5.95 Å². The predicted molar refractivity (Wildman–Crippen MR) is 110 cm³/mol. The van der Waals surface area contributed by atoms with E-state index in [1.54, 1.807) is 33.4 Å². The second-order valence-corrected chi connectivity index (χ2v) is 7.32. The number of hydrogen-bond donors (Lipinski definition) is 2. The van der Waals surface area contributed by atoms with Gasteiger partial charge in [0.05, 0.1) is 30.5 Å². The highest BCUT2D eigenvalue weighted by Crippen LogP contribution is 2.29. The minimum Gasteiger partial charge on any atom is -0.494 e. The number of anilines is 3. The molecule has 8 heteroatoms. The summed E-state index contributed by atoms with van der Waals surface area (Å²) in [5.41, 5.74) is 2.04. The number of methoxy groups -OCH3 is 1. The number of rotatable bonds is 6. The molecule has 0 saturated heterocycles. The number of aryl methyl sites for hydroxylation is 1. The number of hydrogen-bond acceptors (Lipinski definition) is 7. The monoisotopic (exact) mass is 382 g/mol. The lowest BCUT2D eigenvalue weighted by molar-refractivity contribution is 0.0739. The van der Waals surface area contributed by atoms with E-state index in [2.05, 4.69) is 20.3 Å². The maximum absolute atomic E-state index is 10.4. The van der Waals surface area contributed by atoms with Crippen LogP contribution in [-0.2, 0) is 5.60 Å². The van der Waals surface area contributed by atoms with Gasteiger partial charge in [-0.15, -0.1) is 0 Å². The van der Waals surface area contributed by atoms with Crippen LogP contribution in [0.3, 0.4) is 0 Å². The first kappa shape index (κ1) is 19.6. The molecule has 3 rings (SSSR count). The lowest BCUT2D eigenvalue weighted by atomic mass is 10.1. The van der Waals surface area contributed by atoms with Crippen molar-refractivity contribution in [3.05, 3.63) is 48.2 Å². The van der Waals surface area contributed by atoms with Gasteiger partial charge in [-0.1, -0.05) is 0 Å². The molecule has 2 aromatic heterocycles. The molecule has 0 unspecified atom stereocenters. The number of imidazole rings is 1. The molecule has 2 N–H and O–H groups in total. The van der Waals surface area contributed by atoms with Crippen molar-refractivity contribution in [2.75, 3.05) is 31.4 Å². The summed E-state index contributed by atoms with van der Waals surface area (Å²) in [4.78, 5) is 15.1. The number of nitrogens with zero attached hydrogens (tertiary/aromatic N) is 5. The zero-order chi connectivity index (χ0) is 20.5. The van der Waals surface area contributed by atoms with Crippen LogP contribution in [0.5, 0.6) is 5.75 Å².